The van der Waals surface area contributed by atoms with Gasteiger partial charge in [0.25, 0.3) is 5.91 Å². The van der Waals surface area contributed by atoms with Crippen LogP contribution in [0.4, 0.5) is 0 Å². The highest BCUT2D eigenvalue weighted by Crippen LogP contribution is 2.19. The maximum atomic E-state index is 12.6. The third-order valence-corrected chi connectivity index (χ3v) is 3.57. The zero-order valence-electron chi connectivity index (χ0n) is 14.2. The van der Waals surface area contributed by atoms with Gasteiger partial charge in [0.15, 0.2) is 6.10 Å². The van der Waals surface area contributed by atoms with Crippen LogP contribution in [0.5, 0.6) is 11.5 Å². The highest BCUT2D eigenvalue weighted by Gasteiger charge is 2.24. The molecule has 0 heterocycles. The number of methoxy groups -OCH3 is 1. The normalized spacial score (nSPS) is 11.4. The average molecular weight is 343 g/mol. The molecular formula is C19H21NO5. The van der Waals surface area contributed by atoms with Crippen molar-refractivity contribution in [3.05, 3.63) is 60.2 Å². The zero-order chi connectivity index (χ0) is 18.2. The number of hydrogen-bond acceptors (Lipinski definition) is 4. The summed E-state index contributed by atoms with van der Waals surface area (Å²) in [7, 11) is 1.56. The molecule has 6 nitrogen and oxygen atoms in total. The van der Waals surface area contributed by atoms with E-state index in [1.54, 1.807) is 38.3 Å². The van der Waals surface area contributed by atoms with Crippen molar-refractivity contribution in [2.24, 2.45) is 0 Å². The van der Waals surface area contributed by atoms with Crippen LogP contribution in [-0.4, -0.2) is 41.6 Å². The van der Waals surface area contributed by atoms with Gasteiger partial charge in [-0.15, -0.1) is 0 Å². The number of rotatable bonds is 8. The smallest absolute Gasteiger partial charge is 0.323 e. The van der Waals surface area contributed by atoms with E-state index < -0.39 is 12.1 Å². The first-order valence-electron chi connectivity index (χ1n) is 7.85. The fourth-order valence-electron chi connectivity index (χ4n) is 2.34. The second-order valence-electron chi connectivity index (χ2n) is 5.51. The maximum Gasteiger partial charge on any atom is 0.323 e. The quantitative estimate of drug-likeness (QED) is 0.797. The van der Waals surface area contributed by atoms with Gasteiger partial charge in [-0.25, -0.2) is 0 Å². The number of hydrogen-bond donors (Lipinski definition) is 1. The average Bonchev–Trinajstić information content (AvgIpc) is 2.61. The van der Waals surface area contributed by atoms with Gasteiger partial charge < -0.3 is 19.5 Å². The first kappa shape index (κ1) is 18.3. The molecule has 0 spiro atoms. The molecule has 0 aliphatic carbocycles. The molecule has 2 aromatic rings. The Morgan fingerprint density at radius 2 is 1.64 bits per heavy atom. The number of carboxylic acids is 1. The van der Waals surface area contributed by atoms with Crippen LogP contribution in [0, 0.1) is 0 Å². The van der Waals surface area contributed by atoms with Gasteiger partial charge in [-0.3, -0.25) is 9.59 Å². The number of amides is 1. The van der Waals surface area contributed by atoms with Crippen LogP contribution < -0.4 is 9.47 Å². The van der Waals surface area contributed by atoms with Crippen molar-refractivity contribution in [2.75, 3.05) is 13.7 Å². The van der Waals surface area contributed by atoms with E-state index in [0.29, 0.717) is 11.5 Å². The summed E-state index contributed by atoms with van der Waals surface area (Å²) in [6.45, 7) is 1.43. The summed E-state index contributed by atoms with van der Waals surface area (Å²) in [5, 5.41) is 9.09. The van der Waals surface area contributed by atoms with Gasteiger partial charge in [0, 0.05) is 6.54 Å². The third-order valence-electron chi connectivity index (χ3n) is 3.57. The fraction of sp³-hybridized carbons (Fsp3) is 0.263. The van der Waals surface area contributed by atoms with Crippen LogP contribution in [-0.2, 0) is 16.1 Å². The van der Waals surface area contributed by atoms with E-state index in [1.165, 1.54) is 4.90 Å². The Balaban J connectivity index is 2.06. The largest absolute Gasteiger partial charge is 0.497 e. The number of carboxylic acid groups (broad SMARTS) is 1. The molecule has 1 N–H and O–H groups in total. The van der Waals surface area contributed by atoms with E-state index in [9.17, 15) is 9.59 Å². The second-order valence-corrected chi connectivity index (χ2v) is 5.51. The Bertz CT molecular complexity index is 700. The van der Waals surface area contributed by atoms with Crippen molar-refractivity contribution in [3.63, 3.8) is 0 Å². The summed E-state index contributed by atoms with van der Waals surface area (Å²) in [5.41, 5.74) is 0.855. The Morgan fingerprint density at radius 3 is 2.20 bits per heavy atom. The van der Waals surface area contributed by atoms with Crippen LogP contribution in [0.1, 0.15) is 12.5 Å². The molecule has 0 saturated carbocycles. The molecule has 0 bridgehead atoms. The number of nitrogens with zero attached hydrogens (tertiary/aromatic N) is 1. The summed E-state index contributed by atoms with van der Waals surface area (Å²) in [5.74, 6) is -0.262. The predicted molar refractivity (Wildman–Crippen MR) is 92.6 cm³/mol. The zero-order valence-corrected chi connectivity index (χ0v) is 14.2. The molecule has 0 aliphatic heterocycles. The Morgan fingerprint density at radius 1 is 1.04 bits per heavy atom. The lowest BCUT2D eigenvalue weighted by Gasteiger charge is -2.24. The molecule has 132 valence electrons. The minimum atomic E-state index is -1.07. The summed E-state index contributed by atoms with van der Waals surface area (Å²) < 4.78 is 10.7. The summed E-state index contributed by atoms with van der Waals surface area (Å²) >= 11 is 0. The SMILES string of the molecule is COc1ccc(OC(C)C(=O)N(CC(=O)O)Cc2ccccc2)cc1. The molecule has 0 saturated heterocycles. The molecule has 1 unspecified atom stereocenters. The summed E-state index contributed by atoms with van der Waals surface area (Å²) in [4.78, 5) is 25.0. The molecule has 0 aromatic heterocycles. The molecule has 25 heavy (non-hydrogen) atoms. The number of aliphatic carboxylic acids is 1. The van der Waals surface area contributed by atoms with Crippen molar-refractivity contribution in [1.29, 1.82) is 0 Å². The lowest BCUT2D eigenvalue weighted by molar-refractivity contribution is -0.148. The Hall–Kier alpha value is -3.02. The van der Waals surface area contributed by atoms with Gasteiger partial charge in [-0.2, -0.15) is 0 Å². The maximum absolute atomic E-state index is 12.6. The minimum absolute atomic E-state index is 0.211. The van der Waals surface area contributed by atoms with E-state index >= 15 is 0 Å². The number of carbonyl (C=O) groups is 2. The predicted octanol–water partition coefficient (Wildman–Crippen LogP) is 2.58. The van der Waals surface area contributed by atoms with E-state index in [0.717, 1.165) is 5.56 Å². The van der Waals surface area contributed by atoms with Gasteiger partial charge in [0.1, 0.15) is 18.0 Å². The van der Waals surface area contributed by atoms with Gasteiger partial charge in [0.05, 0.1) is 7.11 Å². The van der Waals surface area contributed by atoms with Crippen LogP contribution in [0.3, 0.4) is 0 Å². The highest BCUT2D eigenvalue weighted by molar-refractivity contribution is 5.84. The lowest BCUT2D eigenvalue weighted by Crippen LogP contribution is -2.42. The van der Waals surface area contributed by atoms with Crippen molar-refractivity contribution in [3.8, 4) is 11.5 Å². The molecular weight excluding hydrogens is 322 g/mol. The first-order valence-corrected chi connectivity index (χ1v) is 7.85. The number of carbonyl (C=O) groups excluding carboxylic acids is 1. The number of ether oxygens (including phenoxy) is 2. The molecule has 6 heteroatoms. The van der Waals surface area contributed by atoms with E-state index in [4.69, 9.17) is 14.6 Å². The second kappa shape index (κ2) is 8.73. The molecule has 0 aliphatic rings. The minimum Gasteiger partial charge on any atom is -0.497 e. The van der Waals surface area contributed by atoms with E-state index in [2.05, 4.69) is 0 Å². The Kier molecular flexibility index (Phi) is 6.39. The monoisotopic (exact) mass is 343 g/mol. The standard InChI is InChI=1S/C19H21NO5/c1-14(25-17-10-8-16(24-2)9-11-17)19(23)20(13-18(21)22)12-15-6-4-3-5-7-15/h3-11,14H,12-13H2,1-2H3,(H,21,22). The number of benzene rings is 2. The van der Waals surface area contributed by atoms with Crippen molar-refractivity contribution in [1.82, 2.24) is 4.90 Å². The van der Waals surface area contributed by atoms with E-state index in [-0.39, 0.29) is 19.0 Å². The van der Waals surface area contributed by atoms with Crippen molar-refractivity contribution in [2.45, 2.75) is 19.6 Å². The highest BCUT2D eigenvalue weighted by atomic mass is 16.5. The van der Waals surface area contributed by atoms with Crippen LogP contribution in [0.25, 0.3) is 0 Å². The molecule has 0 radical (unpaired) electrons. The van der Waals surface area contributed by atoms with Crippen LogP contribution >= 0.6 is 0 Å². The summed E-state index contributed by atoms with van der Waals surface area (Å²) in [6.07, 6.45) is -0.809. The molecule has 2 rings (SSSR count). The lowest BCUT2D eigenvalue weighted by atomic mass is 10.2. The van der Waals surface area contributed by atoms with Crippen molar-refractivity contribution < 1.29 is 24.2 Å². The first-order chi connectivity index (χ1) is 12.0. The molecule has 2 aromatic carbocycles. The van der Waals surface area contributed by atoms with E-state index in [1.807, 2.05) is 30.3 Å². The Labute approximate surface area is 146 Å². The van der Waals surface area contributed by atoms with Gasteiger partial charge >= 0.3 is 5.97 Å². The summed E-state index contributed by atoms with van der Waals surface area (Å²) in [6, 6.07) is 16.1. The van der Waals surface area contributed by atoms with Crippen LogP contribution in [0.2, 0.25) is 0 Å². The molecule has 1 atom stereocenters. The van der Waals surface area contributed by atoms with Crippen LogP contribution in [0.15, 0.2) is 54.6 Å². The molecule has 0 fully saturated rings. The van der Waals surface area contributed by atoms with Gasteiger partial charge in [-0.1, -0.05) is 30.3 Å². The fourth-order valence-corrected chi connectivity index (χ4v) is 2.34. The van der Waals surface area contributed by atoms with Gasteiger partial charge in [-0.05, 0) is 36.8 Å². The van der Waals surface area contributed by atoms with Crippen molar-refractivity contribution >= 4 is 11.9 Å². The van der Waals surface area contributed by atoms with Gasteiger partial charge in [0.2, 0.25) is 0 Å². The third kappa shape index (κ3) is 5.53. The topological polar surface area (TPSA) is 76.1 Å². The molecule has 1 amide bonds.